The molecule has 5 nitrogen and oxygen atoms in total. The van der Waals surface area contributed by atoms with Gasteiger partial charge in [-0.05, 0) is 44.2 Å². The molecule has 0 radical (unpaired) electrons. The van der Waals surface area contributed by atoms with Gasteiger partial charge in [0.15, 0.2) is 0 Å². The number of hydrogen-bond acceptors (Lipinski definition) is 4. The summed E-state index contributed by atoms with van der Waals surface area (Å²) in [7, 11) is 0. The number of benzene rings is 2. The molecule has 3 rings (SSSR count). The highest BCUT2D eigenvalue weighted by atomic mass is 35.5. The monoisotopic (exact) mass is 415 g/mol. The van der Waals surface area contributed by atoms with Crippen LogP contribution in [0, 0.1) is 0 Å². The maximum atomic E-state index is 12.6. The van der Waals surface area contributed by atoms with Crippen molar-refractivity contribution in [2.45, 2.75) is 31.2 Å². The fourth-order valence-electron chi connectivity index (χ4n) is 2.86. The number of aromatic nitrogens is 2. The van der Waals surface area contributed by atoms with Gasteiger partial charge in [-0.2, -0.15) is 5.10 Å². The van der Waals surface area contributed by atoms with E-state index >= 15 is 0 Å². The van der Waals surface area contributed by atoms with E-state index in [1.807, 2.05) is 56.3 Å². The van der Waals surface area contributed by atoms with Gasteiger partial charge in [-0.1, -0.05) is 29.8 Å². The molecule has 2 aromatic carbocycles. The molecular formula is C21H22ClN3O2S. The molecule has 0 aliphatic carbocycles. The summed E-state index contributed by atoms with van der Waals surface area (Å²) >= 11 is 7.53. The van der Waals surface area contributed by atoms with E-state index in [-0.39, 0.29) is 23.9 Å². The highest BCUT2D eigenvalue weighted by molar-refractivity contribution is 7.99. The van der Waals surface area contributed by atoms with Crippen LogP contribution in [0.25, 0.3) is 10.8 Å². The first-order chi connectivity index (χ1) is 13.5. The molecule has 0 bridgehead atoms. The van der Waals surface area contributed by atoms with Crippen LogP contribution >= 0.6 is 23.4 Å². The summed E-state index contributed by atoms with van der Waals surface area (Å²) < 4.78 is 1.45. The molecule has 0 unspecified atom stereocenters. The molecule has 0 atom stereocenters. The molecule has 0 saturated carbocycles. The standard InChI is InChI=1S/C21H22ClN3O2S/c1-14(2)25-21(27)18-6-4-3-5-17(18)19(24-25)13-20(26)23-11-12-28-16-9-7-15(22)8-10-16/h3-10,14H,11-13H2,1-2H3,(H,23,26). The predicted molar refractivity (Wildman–Crippen MR) is 115 cm³/mol. The molecule has 0 aliphatic heterocycles. The highest BCUT2D eigenvalue weighted by Crippen LogP contribution is 2.20. The minimum atomic E-state index is -0.130. The van der Waals surface area contributed by atoms with Crippen LogP contribution in [0.3, 0.4) is 0 Å². The van der Waals surface area contributed by atoms with Crippen LogP contribution in [0.15, 0.2) is 58.2 Å². The minimum Gasteiger partial charge on any atom is -0.355 e. The number of carbonyl (C=O) groups is 1. The van der Waals surface area contributed by atoms with Crippen molar-refractivity contribution >= 4 is 40.0 Å². The number of carbonyl (C=O) groups excluding carboxylic acids is 1. The Kier molecular flexibility index (Phi) is 6.75. The van der Waals surface area contributed by atoms with E-state index < -0.39 is 0 Å². The molecule has 1 heterocycles. The molecular weight excluding hydrogens is 394 g/mol. The summed E-state index contributed by atoms with van der Waals surface area (Å²) in [5, 5.41) is 9.41. The van der Waals surface area contributed by atoms with Gasteiger partial charge in [-0.25, -0.2) is 4.68 Å². The zero-order chi connectivity index (χ0) is 20.1. The number of rotatable bonds is 7. The summed E-state index contributed by atoms with van der Waals surface area (Å²) in [4.78, 5) is 26.1. The molecule has 0 saturated heterocycles. The van der Waals surface area contributed by atoms with Crippen LogP contribution in [0.5, 0.6) is 0 Å². The van der Waals surface area contributed by atoms with Crippen LogP contribution in [0.2, 0.25) is 5.02 Å². The van der Waals surface area contributed by atoms with Crippen molar-refractivity contribution in [3.05, 3.63) is 69.6 Å². The molecule has 0 aliphatic rings. The van der Waals surface area contributed by atoms with Gasteiger partial charge in [-0.3, -0.25) is 9.59 Å². The first-order valence-corrected chi connectivity index (χ1v) is 10.5. The molecule has 7 heteroatoms. The SMILES string of the molecule is CC(C)n1nc(CC(=O)NCCSc2ccc(Cl)cc2)c2ccccc2c1=O. The number of hydrogen-bond donors (Lipinski definition) is 1. The van der Waals surface area contributed by atoms with Crippen molar-refractivity contribution in [2.75, 3.05) is 12.3 Å². The molecule has 28 heavy (non-hydrogen) atoms. The van der Waals surface area contributed by atoms with Gasteiger partial charge < -0.3 is 5.32 Å². The van der Waals surface area contributed by atoms with Crippen molar-refractivity contribution in [1.82, 2.24) is 15.1 Å². The molecule has 0 fully saturated rings. The van der Waals surface area contributed by atoms with E-state index in [0.29, 0.717) is 22.6 Å². The number of nitrogens with zero attached hydrogens (tertiary/aromatic N) is 2. The van der Waals surface area contributed by atoms with Gasteiger partial charge in [-0.15, -0.1) is 11.8 Å². The van der Waals surface area contributed by atoms with Gasteiger partial charge in [0.1, 0.15) is 0 Å². The Morgan fingerprint density at radius 3 is 2.50 bits per heavy atom. The maximum Gasteiger partial charge on any atom is 0.274 e. The molecule has 1 amide bonds. The predicted octanol–water partition coefficient (Wildman–Crippen LogP) is 4.08. The topological polar surface area (TPSA) is 64.0 Å². The van der Waals surface area contributed by atoms with Crippen molar-refractivity contribution in [2.24, 2.45) is 0 Å². The lowest BCUT2D eigenvalue weighted by Crippen LogP contribution is -2.30. The Bertz CT molecular complexity index is 1030. The fourth-order valence-corrected chi connectivity index (χ4v) is 3.75. The van der Waals surface area contributed by atoms with Crippen molar-refractivity contribution in [3.8, 4) is 0 Å². The van der Waals surface area contributed by atoms with E-state index in [0.717, 1.165) is 16.0 Å². The fraction of sp³-hybridized carbons (Fsp3) is 0.286. The number of amides is 1. The van der Waals surface area contributed by atoms with Crippen molar-refractivity contribution in [3.63, 3.8) is 0 Å². The average molecular weight is 416 g/mol. The lowest BCUT2D eigenvalue weighted by atomic mass is 10.1. The van der Waals surface area contributed by atoms with Gasteiger partial charge in [0.25, 0.3) is 5.56 Å². The Morgan fingerprint density at radius 2 is 1.82 bits per heavy atom. The highest BCUT2D eigenvalue weighted by Gasteiger charge is 2.14. The number of nitrogens with one attached hydrogen (secondary N) is 1. The maximum absolute atomic E-state index is 12.6. The first kappa shape index (κ1) is 20.4. The first-order valence-electron chi connectivity index (χ1n) is 9.11. The second-order valence-electron chi connectivity index (χ2n) is 6.66. The molecule has 3 aromatic rings. The van der Waals surface area contributed by atoms with Gasteiger partial charge in [0.05, 0.1) is 23.5 Å². The van der Waals surface area contributed by atoms with E-state index in [2.05, 4.69) is 10.4 Å². The van der Waals surface area contributed by atoms with Crippen molar-refractivity contribution < 1.29 is 4.79 Å². The van der Waals surface area contributed by atoms with Crippen LogP contribution in [0.1, 0.15) is 25.6 Å². The van der Waals surface area contributed by atoms with Crippen LogP contribution in [0.4, 0.5) is 0 Å². The van der Waals surface area contributed by atoms with E-state index in [4.69, 9.17) is 11.6 Å². The number of fused-ring (bicyclic) bond motifs is 1. The summed E-state index contributed by atoms with van der Waals surface area (Å²) in [5.41, 5.74) is 0.487. The Balaban J connectivity index is 1.65. The third kappa shape index (κ3) is 4.94. The molecule has 146 valence electrons. The third-order valence-electron chi connectivity index (χ3n) is 4.23. The molecule has 1 N–H and O–H groups in total. The van der Waals surface area contributed by atoms with Crippen LogP contribution in [-0.2, 0) is 11.2 Å². The Morgan fingerprint density at radius 1 is 1.14 bits per heavy atom. The lowest BCUT2D eigenvalue weighted by molar-refractivity contribution is -0.120. The quantitative estimate of drug-likeness (QED) is 0.466. The van der Waals surface area contributed by atoms with Gasteiger partial charge in [0.2, 0.25) is 5.91 Å². The van der Waals surface area contributed by atoms with E-state index in [9.17, 15) is 9.59 Å². The summed E-state index contributed by atoms with van der Waals surface area (Å²) in [6.07, 6.45) is 0.138. The second-order valence-corrected chi connectivity index (χ2v) is 8.27. The minimum absolute atomic E-state index is 0.0744. The molecule has 0 spiro atoms. The normalized spacial score (nSPS) is 11.1. The Hall–Kier alpha value is -2.31. The molecule has 1 aromatic heterocycles. The third-order valence-corrected chi connectivity index (χ3v) is 5.49. The second kappa shape index (κ2) is 9.26. The zero-order valence-corrected chi connectivity index (χ0v) is 17.4. The smallest absolute Gasteiger partial charge is 0.274 e. The van der Waals surface area contributed by atoms with Gasteiger partial charge >= 0.3 is 0 Å². The lowest BCUT2D eigenvalue weighted by Gasteiger charge is -2.13. The summed E-state index contributed by atoms with van der Waals surface area (Å²) in [6.45, 7) is 4.36. The summed E-state index contributed by atoms with van der Waals surface area (Å²) in [6, 6.07) is 14.8. The van der Waals surface area contributed by atoms with E-state index in [1.165, 1.54) is 4.68 Å². The van der Waals surface area contributed by atoms with Crippen LogP contribution < -0.4 is 10.9 Å². The number of thioether (sulfide) groups is 1. The van der Waals surface area contributed by atoms with Crippen molar-refractivity contribution in [1.29, 1.82) is 0 Å². The average Bonchev–Trinajstić information content (AvgIpc) is 2.68. The van der Waals surface area contributed by atoms with Gasteiger partial charge in [0, 0.05) is 27.6 Å². The van der Waals surface area contributed by atoms with Crippen LogP contribution in [-0.4, -0.2) is 28.0 Å². The largest absolute Gasteiger partial charge is 0.355 e. The summed E-state index contributed by atoms with van der Waals surface area (Å²) in [5.74, 6) is 0.649. The van der Waals surface area contributed by atoms with E-state index in [1.54, 1.807) is 17.8 Å². The zero-order valence-electron chi connectivity index (χ0n) is 15.8. The number of halogens is 1. The Labute approximate surface area is 173 Å².